The van der Waals surface area contributed by atoms with E-state index in [0.717, 1.165) is 19.4 Å². The van der Waals surface area contributed by atoms with Gasteiger partial charge in [0.2, 0.25) is 0 Å². The lowest BCUT2D eigenvalue weighted by molar-refractivity contribution is -0.0168. The smallest absolute Gasteiger partial charge is 0.151 e. The average Bonchev–Trinajstić information content (AvgIpc) is 2.96. The molecule has 0 spiro atoms. The van der Waals surface area contributed by atoms with E-state index in [4.69, 9.17) is 9.47 Å². The molecular formula is C12H23NO5S. The number of aliphatic hydroxyl groups is 1. The molecule has 2 aliphatic rings. The second-order valence-corrected chi connectivity index (χ2v) is 7.56. The van der Waals surface area contributed by atoms with Crippen LogP contribution in [0.1, 0.15) is 19.3 Å². The van der Waals surface area contributed by atoms with Crippen molar-refractivity contribution in [3.63, 3.8) is 0 Å². The van der Waals surface area contributed by atoms with Crippen LogP contribution in [0.2, 0.25) is 0 Å². The Morgan fingerprint density at radius 3 is 2.89 bits per heavy atom. The van der Waals surface area contributed by atoms with Gasteiger partial charge in [-0.05, 0) is 19.3 Å². The summed E-state index contributed by atoms with van der Waals surface area (Å²) >= 11 is 0. The van der Waals surface area contributed by atoms with Crippen LogP contribution in [0.25, 0.3) is 0 Å². The lowest BCUT2D eigenvalue weighted by Crippen LogP contribution is -2.38. The maximum Gasteiger partial charge on any atom is 0.151 e. The number of rotatable bonds is 7. The molecular weight excluding hydrogens is 270 g/mol. The molecule has 2 aliphatic heterocycles. The van der Waals surface area contributed by atoms with Crippen LogP contribution in [0.4, 0.5) is 0 Å². The molecule has 2 heterocycles. The zero-order chi connectivity index (χ0) is 13.7. The van der Waals surface area contributed by atoms with E-state index < -0.39 is 15.9 Å². The molecule has 2 rings (SSSR count). The zero-order valence-electron chi connectivity index (χ0n) is 11.1. The third-order valence-corrected chi connectivity index (χ3v) is 5.28. The first-order valence-electron chi connectivity index (χ1n) is 6.86. The highest BCUT2D eigenvalue weighted by Crippen LogP contribution is 2.12. The van der Waals surface area contributed by atoms with Gasteiger partial charge in [0.15, 0.2) is 9.84 Å². The van der Waals surface area contributed by atoms with E-state index in [2.05, 4.69) is 5.32 Å². The van der Waals surface area contributed by atoms with Gasteiger partial charge in [0, 0.05) is 19.2 Å². The summed E-state index contributed by atoms with van der Waals surface area (Å²) in [5, 5.41) is 12.8. The van der Waals surface area contributed by atoms with Crippen molar-refractivity contribution in [3.05, 3.63) is 0 Å². The molecule has 0 amide bonds. The first-order chi connectivity index (χ1) is 9.05. The Kier molecular flexibility index (Phi) is 5.58. The Bertz CT molecular complexity index is 366. The first-order valence-corrected chi connectivity index (χ1v) is 8.68. The van der Waals surface area contributed by atoms with Crippen LogP contribution < -0.4 is 5.32 Å². The highest BCUT2D eigenvalue weighted by molar-refractivity contribution is 7.91. The molecule has 6 nitrogen and oxygen atoms in total. The van der Waals surface area contributed by atoms with E-state index in [1.807, 2.05) is 0 Å². The molecule has 2 saturated heterocycles. The van der Waals surface area contributed by atoms with Crippen LogP contribution in [0, 0.1) is 0 Å². The largest absolute Gasteiger partial charge is 0.389 e. The standard InChI is InChI=1S/C12H23NO5S/c14-11(7-17-8-12-2-1-4-18-12)6-13-10-3-5-19(15,16)9-10/h10-14H,1-9H2. The second-order valence-electron chi connectivity index (χ2n) is 5.33. The van der Waals surface area contributed by atoms with Crippen LogP contribution in [0.3, 0.4) is 0 Å². The van der Waals surface area contributed by atoms with Crippen molar-refractivity contribution >= 4 is 9.84 Å². The van der Waals surface area contributed by atoms with Gasteiger partial charge in [0.05, 0.1) is 36.9 Å². The second kappa shape index (κ2) is 6.99. The topological polar surface area (TPSA) is 84.9 Å². The van der Waals surface area contributed by atoms with Crippen molar-refractivity contribution in [1.82, 2.24) is 5.32 Å². The molecule has 3 unspecified atom stereocenters. The van der Waals surface area contributed by atoms with Gasteiger partial charge >= 0.3 is 0 Å². The summed E-state index contributed by atoms with van der Waals surface area (Å²) < 4.78 is 33.3. The maximum atomic E-state index is 11.3. The minimum Gasteiger partial charge on any atom is -0.389 e. The van der Waals surface area contributed by atoms with Crippen LogP contribution in [-0.4, -0.2) is 69.6 Å². The number of hydrogen-bond acceptors (Lipinski definition) is 6. The predicted octanol–water partition coefficient (Wildman–Crippen LogP) is -0.680. The van der Waals surface area contributed by atoms with Crippen molar-refractivity contribution in [3.8, 4) is 0 Å². The van der Waals surface area contributed by atoms with Crippen LogP contribution in [0.15, 0.2) is 0 Å². The number of ether oxygens (including phenoxy) is 2. The lowest BCUT2D eigenvalue weighted by atomic mass is 10.2. The van der Waals surface area contributed by atoms with E-state index in [-0.39, 0.29) is 30.3 Å². The summed E-state index contributed by atoms with van der Waals surface area (Å²) in [5.41, 5.74) is 0. The zero-order valence-corrected chi connectivity index (χ0v) is 11.9. The quantitative estimate of drug-likeness (QED) is 0.647. The molecule has 7 heteroatoms. The molecule has 0 aromatic rings. The fourth-order valence-electron chi connectivity index (χ4n) is 2.43. The highest BCUT2D eigenvalue weighted by Gasteiger charge is 2.27. The average molecular weight is 293 g/mol. The van der Waals surface area contributed by atoms with Crippen molar-refractivity contribution < 1.29 is 23.0 Å². The Morgan fingerprint density at radius 1 is 1.42 bits per heavy atom. The molecule has 0 aromatic carbocycles. The van der Waals surface area contributed by atoms with Gasteiger partial charge in [0.1, 0.15) is 0 Å². The SMILES string of the molecule is O=S1(=O)CCC(NCC(O)COCC2CCCO2)C1. The monoisotopic (exact) mass is 293 g/mol. The van der Waals surface area contributed by atoms with Crippen LogP contribution >= 0.6 is 0 Å². The van der Waals surface area contributed by atoms with E-state index in [1.54, 1.807) is 0 Å². The molecule has 0 aromatic heterocycles. The Labute approximate surface area is 114 Å². The Balaban J connectivity index is 1.53. The van der Waals surface area contributed by atoms with Crippen molar-refractivity contribution in [2.45, 2.75) is 37.5 Å². The van der Waals surface area contributed by atoms with Crippen LogP contribution in [-0.2, 0) is 19.3 Å². The predicted molar refractivity (Wildman–Crippen MR) is 70.9 cm³/mol. The van der Waals surface area contributed by atoms with Gasteiger partial charge in [0.25, 0.3) is 0 Å². The summed E-state index contributed by atoms with van der Waals surface area (Å²) in [6.45, 7) is 1.95. The number of nitrogens with one attached hydrogen (secondary N) is 1. The Hall–Kier alpha value is -0.210. The summed E-state index contributed by atoms with van der Waals surface area (Å²) in [4.78, 5) is 0. The number of aliphatic hydroxyl groups excluding tert-OH is 1. The van der Waals surface area contributed by atoms with Gasteiger partial charge in [-0.25, -0.2) is 8.42 Å². The van der Waals surface area contributed by atoms with Gasteiger partial charge in [-0.2, -0.15) is 0 Å². The molecule has 19 heavy (non-hydrogen) atoms. The fraction of sp³-hybridized carbons (Fsp3) is 1.00. The van der Waals surface area contributed by atoms with Gasteiger partial charge in [-0.1, -0.05) is 0 Å². The van der Waals surface area contributed by atoms with E-state index in [9.17, 15) is 13.5 Å². The van der Waals surface area contributed by atoms with Gasteiger partial charge in [-0.15, -0.1) is 0 Å². The molecule has 0 bridgehead atoms. The normalized spacial score (nSPS) is 31.6. The minimum atomic E-state index is -2.86. The van der Waals surface area contributed by atoms with Gasteiger partial charge < -0.3 is 19.9 Å². The third-order valence-electron chi connectivity index (χ3n) is 3.51. The number of hydrogen-bond donors (Lipinski definition) is 2. The molecule has 2 N–H and O–H groups in total. The minimum absolute atomic E-state index is 0.0298. The van der Waals surface area contributed by atoms with Crippen molar-refractivity contribution in [2.24, 2.45) is 0 Å². The maximum absolute atomic E-state index is 11.3. The number of sulfone groups is 1. The molecule has 0 aliphatic carbocycles. The molecule has 112 valence electrons. The summed E-state index contributed by atoms with van der Waals surface area (Å²) in [6, 6.07) is -0.0298. The van der Waals surface area contributed by atoms with Crippen molar-refractivity contribution in [2.75, 3.05) is 37.9 Å². The summed E-state index contributed by atoms with van der Waals surface area (Å²) in [7, 11) is -2.86. The van der Waals surface area contributed by atoms with E-state index in [1.165, 1.54) is 0 Å². The Morgan fingerprint density at radius 2 is 2.26 bits per heavy atom. The van der Waals surface area contributed by atoms with Gasteiger partial charge in [-0.3, -0.25) is 0 Å². The van der Waals surface area contributed by atoms with E-state index >= 15 is 0 Å². The van der Waals surface area contributed by atoms with Crippen LogP contribution in [0.5, 0.6) is 0 Å². The molecule has 3 atom stereocenters. The lowest BCUT2D eigenvalue weighted by Gasteiger charge is -2.16. The third kappa shape index (κ3) is 5.35. The summed E-state index contributed by atoms with van der Waals surface area (Å²) in [5.74, 6) is 0.423. The fourth-order valence-corrected chi connectivity index (χ4v) is 4.14. The highest BCUT2D eigenvalue weighted by atomic mass is 32.2. The molecule has 0 radical (unpaired) electrons. The van der Waals surface area contributed by atoms with E-state index in [0.29, 0.717) is 19.6 Å². The molecule has 0 saturated carbocycles. The molecule has 2 fully saturated rings. The van der Waals surface area contributed by atoms with Crippen molar-refractivity contribution in [1.29, 1.82) is 0 Å². The summed E-state index contributed by atoms with van der Waals surface area (Å²) in [6.07, 6.45) is 2.29. The first kappa shape index (κ1) is 15.2.